The van der Waals surface area contributed by atoms with Gasteiger partial charge in [-0.1, -0.05) is 19.1 Å². The summed E-state index contributed by atoms with van der Waals surface area (Å²) >= 11 is 0. The third-order valence-corrected chi connectivity index (χ3v) is 3.65. The van der Waals surface area contributed by atoms with E-state index in [1.807, 2.05) is 6.07 Å². The molecule has 1 N–H and O–H groups in total. The molecule has 0 heterocycles. The molecule has 0 fully saturated rings. The number of hydrogen-bond donors (Lipinski definition) is 1. The van der Waals surface area contributed by atoms with Crippen LogP contribution in [0.5, 0.6) is 0 Å². The summed E-state index contributed by atoms with van der Waals surface area (Å²) in [6.07, 6.45) is 0.951. The molecule has 0 aliphatic rings. The van der Waals surface area contributed by atoms with Gasteiger partial charge in [-0.05, 0) is 52.1 Å². The van der Waals surface area contributed by atoms with E-state index in [0.29, 0.717) is 0 Å². The average molecular weight is 252 g/mol. The van der Waals surface area contributed by atoms with Crippen LogP contribution in [0.1, 0.15) is 38.8 Å². The molecule has 0 spiro atoms. The van der Waals surface area contributed by atoms with E-state index in [0.717, 1.165) is 18.5 Å². The summed E-state index contributed by atoms with van der Waals surface area (Å²) in [6, 6.07) is 7.06. The summed E-state index contributed by atoms with van der Waals surface area (Å²) in [7, 11) is 4.15. The van der Waals surface area contributed by atoms with Gasteiger partial charge in [-0.2, -0.15) is 0 Å². The van der Waals surface area contributed by atoms with Gasteiger partial charge < -0.3 is 10.2 Å². The second-order valence-electron chi connectivity index (χ2n) is 5.60. The normalized spacial score (nSPS) is 13.9. The van der Waals surface area contributed by atoms with Crippen LogP contribution < -0.4 is 5.32 Å². The van der Waals surface area contributed by atoms with Crippen LogP contribution in [-0.4, -0.2) is 31.1 Å². The quantitative estimate of drug-likeness (QED) is 0.836. The van der Waals surface area contributed by atoms with Crippen LogP contribution in [0.2, 0.25) is 0 Å². The molecule has 1 unspecified atom stereocenters. The van der Waals surface area contributed by atoms with E-state index < -0.39 is 0 Å². The molecule has 0 radical (unpaired) electrons. The number of benzene rings is 1. The molecule has 18 heavy (non-hydrogen) atoms. The third kappa shape index (κ3) is 4.07. The predicted molar refractivity (Wildman–Crippen MR) is 75.2 cm³/mol. The Labute approximate surface area is 110 Å². The number of nitrogens with zero attached hydrogens (tertiary/aromatic N) is 1. The minimum Gasteiger partial charge on any atom is -0.308 e. The standard InChI is InChI=1S/C15H25FN2/c1-6-14(12-8-7-9-13(16)10-12)17-11-15(2,3)18(4)5/h7-10,14,17H,6,11H2,1-5H3. The molecule has 0 aliphatic carbocycles. The lowest BCUT2D eigenvalue weighted by atomic mass is 10.0. The molecule has 0 saturated carbocycles. The second-order valence-corrected chi connectivity index (χ2v) is 5.60. The van der Waals surface area contributed by atoms with Crippen molar-refractivity contribution in [2.75, 3.05) is 20.6 Å². The van der Waals surface area contributed by atoms with Crippen molar-refractivity contribution >= 4 is 0 Å². The van der Waals surface area contributed by atoms with E-state index >= 15 is 0 Å². The summed E-state index contributed by atoms with van der Waals surface area (Å²) in [6.45, 7) is 7.37. The molecule has 0 amide bonds. The smallest absolute Gasteiger partial charge is 0.123 e. The monoisotopic (exact) mass is 252 g/mol. The maximum absolute atomic E-state index is 13.2. The molecular weight excluding hydrogens is 227 g/mol. The number of rotatable bonds is 6. The zero-order valence-corrected chi connectivity index (χ0v) is 12.1. The van der Waals surface area contributed by atoms with Crippen LogP contribution in [0, 0.1) is 5.82 Å². The predicted octanol–water partition coefficient (Wildman–Crippen LogP) is 3.21. The van der Waals surface area contributed by atoms with E-state index in [2.05, 4.69) is 45.1 Å². The van der Waals surface area contributed by atoms with Crippen LogP contribution in [0.15, 0.2) is 24.3 Å². The lowest BCUT2D eigenvalue weighted by Gasteiger charge is -2.34. The second kappa shape index (κ2) is 6.30. The van der Waals surface area contributed by atoms with Crippen molar-refractivity contribution in [2.24, 2.45) is 0 Å². The topological polar surface area (TPSA) is 15.3 Å². The van der Waals surface area contributed by atoms with Crippen molar-refractivity contribution in [1.29, 1.82) is 0 Å². The fraction of sp³-hybridized carbons (Fsp3) is 0.600. The van der Waals surface area contributed by atoms with Gasteiger partial charge in [0.25, 0.3) is 0 Å². The Morgan fingerprint density at radius 3 is 2.50 bits per heavy atom. The van der Waals surface area contributed by atoms with Gasteiger partial charge in [0.05, 0.1) is 0 Å². The van der Waals surface area contributed by atoms with E-state index in [1.165, 1.54) is 6.07 Å². The largest absolute Gasteiger partial charge is 0.308 e. The minimum absolute atomic E-state index is 0.0841. The highest BCUT2D eigenvalue weighted by Crippen LogP contribution is 2.19. The van der Waals surface area contributed by atoms with E-state index in [-0.39, 0.29) is 17.4 Å². The molecule has 1 aromatic carbocycles. The van der Waals surface area contributed by atoms with Crippen molar-refractivity contribution in [3.63, 3.8) is 0 Å². The Balaban J connectivity index is 2.69. The summed E-state index contributed by atoms with van der Waals surface area (Å²) < 4.78 is 13.2. The van der Waals surface area contributed by atoms with Crippen molar-refractivity contribution in [1.82, 2.24) is 10.2 Å². The zero-order chi connectivity index (χ0) is 13.8. The first-order valence-corrected chi connectivity index (χ1v) is 6.53. The molecule has 0 saturated heterocycles. The summed E-state index contributed by atoms with van der Waals surface area (Å²) in [4.78, 5) is 2.19. The Morgan fingerprint density at radius 2 is 2.00 bits per heavy atom. The molecule has 102 valence electrons. The van der Waals surface area contributed by atoms with E-state index in [9.17, 15) is 4.39 Å². The first-order valence-electron chi connectivity index (χ1n) is 6.53. The van der Waals surface area contributed by atoms with Gasteiger partial charge in [0.15, 0.2) is 0 Å². The molecular formula is C15H25FN2. The lowest BCUT2D eigenvalue weighted by molar-refractivity contribution is 0.183. The highest BCUT2D eigenvalue weighted by molar-refractivity contribution is 5.20. The van der Waals surface area contributed by atoms with Gasteiger partial charge in [-0.25, -0.2) is 4.39 Å². The molecule has 3 heteroatoms. The Hall–Kier alpha value is -0.930. The highest BCUT2D eigenvalue weighted by Gasteiger charge is 2.21. The molecule has 1 atom stereocenters. The van der Waals surface area contributed by atoms with E-state index in [1.54, 1.807) is 12.1 Å². The molecule has 1 rings (SSSR count). The first-order chi connectivity index (χ1) is 8.36. The number of hydrogen-bond acceptors (Lipinski definition) is 2. The Kier molecular flexibility index (Phi) is 5.29. The van der Waals surface area contributed by atoms with Gasteiger partial charge in [-0.15, -0.1) is 0 Å². The summed E-state index contributed by atoms with van der Waals surface area (Å²) in [5, 5.41) is 3.53. The van der Waals surface area contributed by atoms with Gasteiger partial charge >= 0.3 is 0 Å². The molecule has 1 aromatic rings. The number of halogens is 1. The van der Waals surface area contributed by atoms with Crippen LogP contribution in [-0.2, 0) is 0 Å². The van der Waals surface area contributed by atoms with Crippen LogP contribution in [0.3, 0.4) is 0 Å². The van der Waals surface area contributed by atoms with Gasteiger partial charge in [-0.3, -0.25) is 0 Å². The molecule has 0 bridgehead atoms. The third-order valence-electron chi connectivity index (χ3n) is 3.65. The van der Waals surface area contributed by atoms with Crippen LogP contribution in [0.4, 0.5) is 4.39 Å². The number of likely N-dealkylation sites (N-methyl/N-ethyl adjacent to an activating group) is 1. The Morgan fingerprint density at radius 1 is 1.33 bits per heavy atom. The van der Waals surface area contributed by atoms with Gasteiger partial charge in [0.1, 0.15) is 5.82 Å². The maximum atomic E-state index is 13.2. The molecule has 0 aliphatic heterocycles. The SMILES string of the molecule is CCC(NCC(C)(C)N(C)C)c1cccc(F)c1. The van der Waals surface area contributed by atoms with Crippen LogP contribution >= 0.6 is 0 Å². The summed E-state index contributed by atoms with van der Waals surface area (Å²) in [5.41, 5.74) is 1.10. The van der Waals surface area contributed by atoms with E-state index in [4.69, 9.17) is 0 Å². The van der Waals surface area contributed by atoms with Crippen molar-refractivity contribution < 1.29 is 4.39 Å². The fourth-order valence-corrected chi connectivity index (χ4v) is 1.75. The molecule has 0 aromatic heterocycles. The van der Waals surface area contributed by atoms with Crippen LogP contribution in [0.25, 0.3) is 0 Å². The summed E-state index contributed by atoms with van der Waals surface area (Å²) in [5.74, 6) is -0.167. The van der Waals surface area contributed by atoms with Gasteiger partial charge in [0.2, 0.25) is 0 Å². The lowest BCUT2D eigenvalue weighted by Crippen LogP contribution is -2.47. The van der Waals surface area contributed by atoms with Gasteiger partial charge in [0, 0.05) is 18.1 Å². The zero-order valence-electron chi connectivity index (χ0n) is 12.1. The first kappa shape index (κ1) is 15.1. The number of nitrogens with one attached hydrogen (secondary N) is 1. The molecule has 2 nitrogen and oxygen atoms in total. The fourth-order valence-electron chi connectivity index (χ4n) is 1.75. The highest BCUT2D eigenvalue weighted by atomic mass is 19.1. The maximum Gasteiger partial charge on any atom is 0.123 e. The van der Waals surface area contributed by atoms with Crippen molar-refractivity contribution in [2.45, 2.75) is 38.8 Å². The average Bonchev–Trinajstić information content (AvgIpc) is 2.29. The van der Waals surface area contributed by atoms with Crippen molar-refractivity contribution in [3.8, 4) is 0 Å². The minimum atomic E-state index is -0.167. The Bertz CT molecular complexity index is 375. The van der Waals surface area contributed by atoms with Crippen molar-refractivity contribution in [3.05, 3.63) is 35.6 Å².